The van der Waals surface area contributed by atoms with Crippen molar-refractivity contribution in [2.45, 2.75) is 19.9 Å². The molecular formula is C20H20N2O5. The minimum Gasteiger partial charge on any atom is -0.463 e. The maximum atomic E-state index is 12.1. The molecule has 0 aliphatic carbocycles. The second-order valence-corrected chi connectivity index (χ2v) is 6.08. The number of hydrogen-bond donors (Lipinski definition) is 1. The van der Waals surface area contributed by atoms with Gasteiger partial charge in [-0.2, -0.15) is 0 Å². The first-order valence-corrected chi connectivity index (χ1v) is 8.51. The van der Waals surface area contributed by atoms with Crippen LogP contribution in [-0.4, -0.2) is 30.2 Å². The van der Waals surface area contributed by atoms with Crippen LogP contribution in [0.1, 0.15) is 24.3 Å². The number of nitrogens with zero attached hydrogens (tertiary/aromatic N) is 1. The molecule has 1 amide bonds. The van der Waals surface area contributed by atoms with E-state index in [9.17, 15) is 9.59 Å². The summed E-state index contributed by atoms with van der Waals surface area (Å²) < 4.78 is 14.9. The number of carbonyl (C=O) groups is 2. The van der Waals surface area contributed by atoms with Crippen molar-refractivity contribution in [3.05, 3.63) is 59.9 Å². The predicted octanol–water partition coefficient (Wildman–Crippen LogP) is 2.94. The van der Waals surface area contributed by atoms with Crippen molar-refractivity contribution in [3.63, 3.8) is 0 Å². The van der Waals surface area contributed by atoms with Gasteiger partial charge in [-0.15, -0.1) is 0 Å². The van der Waals surface area contributed by atoms with E-state index in [0.29, 0.717) is 5.76 Å². The number of hydrogen-bond acceptors (Lipinski definition) is 6. The highest BCUT2D eigenvalue weighted by atomic mass is 16.6. The van der Waals surface area contributed by atoms with E-state index in [-0.39, 0.29) is 31.0 Å². The molecule has 27 heavy (non-hydrogen) atoms. The van der Waals surface area contributed by atoms with Crippen LogP contribution in [0.2, 0.25) is 0 Å². The zero-order valence-corrected chi connectivity index (χ0v) is 15.1. The van der Waals surface area contributed by atoms with E-state index in [1.165, 1.54) is 0 Å². The number of esters is 1. The fraction of sp³-hybridized carbons (Fsp3) is 0.250. The minimum absolute atomic E-state index is 0.193. The number of aryl methyl sites for hydroxylation is 1. The summed E-state index contributed by atoms with van der Waals surface area (Å²) in [5.74, 6) is -0.289. The largest absolute Gasteiger partial charge is 0.463 e. The number of benzene rings is 2. The second kappa shape index (κ2) is 8.35. The molecule has 7 heteroatoms. The third-order valence-corrected chi connectivity index (χ3v) is 3.98. The van der Waals surface area contributed by atoms with E-state index in [4.69, 9.17) is 14.0 Å². The lowest BCUT2D eigenvalue weighted by Crippen LogP contribution is -2.32. The number of carbonyl (C=O) groups excluding carboxylic acids is 2. The van der Waals surface area contributed by atoms with Gasteiger partial charge in [-0.25, -0.2) is 4.79 Å². The van der Waals surface area contributed by atoms with Crippen LogP contribution in [-0.2, 0) is 14.3 Å². The fourth-order valence-corrected chi connectivity index (χ4v) is 2.72. The Morgan fingerprint density at radius 2 is 1.93 bits per heavy atom. The highest BCUT2D eigenvalue weighted by Crippen LogP contribution is 2.23. The first kappa shape index (κ1) is 18.4. The summed E-state index contributed by atoms with van der Waals surface area (Å²) >= 11 is 0. The third-order valence-electron chi connectivity index (χ3n) is 3.98. The summed E-state index contributed by atoms with van der Waals surface area (Å²) in [5, 5.41) is 8.60. The van der Waals surface area contributed by atoms with Gasteiger partial charge in [0, 0.05) is 6.07 Å². The zero-order chi connectivity index (χ0) is 19.2. The molecule has 140 valence electrons. The van der Waals surface area contributed by atoms with Gasteiger partial charge in [-0.1, -0.05) is 42.5 Å². The molecule has 0 aliphatic rings. The van der Waals surface area contributed by atoms with Gasteiger partial charge < -0.3 is 19.3 Å². The first-order chi connectivity index (χ1) is 13.0. The van der Waals surface area contributed by atoms with Gasteiger partial charge in [0.05, 0.1) is 6.04 Å². The smallest absolute Gasteiger partial charge is 0.344 e. The summed E-state index contributed by atoms with van der Waals surface area (Å²) in [5.41, 5.74) is 0.998. The van der Waals surface area contributed by atoms with Crippen molar-refractivity contribution in [3.8, 4) is 5.88 Å². The summed E-state index contributed by atoms with van der Waals surface area (Å²) in [7, 11) is 0. The van der Waals surface area contributed by atoms with Crippen LogP contribution in [0.15, 0.2) is 53.1 Å². The van der Waals surface area contributed by atoms with Crippen LogP contribution in [0.4, 0.5) is 0 Å². The zero-order valence-electron chi connectivity index (χ0n) is 15.1. The van der Waals surface area contributed by atoms with Crippen molar-refractivity contribution >= 4 is 22.6 Å². The Morgan fingerprint density at radius 1 is 1.15 bits per heavy atom. The Bertz CT molecular complexity index is 945. The molecule has 7 nitrogen and oxygen atoms in total. The molecular weight excluding hydrogens is 348 g/mol. The number of rotatable bonds is 7. The van der Waals surface area contributed by atoms with E-state index < -0.39 is 5.97 Å². The Labute approximate surface area is 156 Å². The fourth-order valence-electron chi connectivity index (χ4n) is 2.72. The Kier molecular flexibility index (Phi) is 5.71. The van der Waals surface area contributed by atoms with Crippen LogP contribution >= 0.6 is 0 Å². The monoisotopic (exact) mass is 368 g/mol. The molecule has 3 rings (SSSR count). The number of fused-ring (bicyclic) bond motifs is 1. The Morgan fingerprint density at radius 3 is 2.70 bits per heavy atom. The van der Waals surface area contributed by atoms with Crippen molar-refractivity contribution in [2.75, 3.05) is 13.2 Å². The minimum atomic E-state index is -0.663. The summed E-state index contributed by atoms with van der Waals surface area (Å²) in [6.07, 6.45) is 0. The number of nitrogens with one attached hydrogen (secondary N) is 1. The maximum Gasteiger partial charge on any atom is 0.344 e. The van der Waals surface area contributed by atoms with Crippen LogP contribution < -0.4 is 10.1 Å². The number of aromatic nitrogens is 1. The van der Waals surface area contributed by atoms with E-state index in [2.05, 4.69) is 10.5 Å². The van der Waals surface area contributed by atoms with Crippen LogP contribution in [0.3, 0.4) is 0 Å². The molecule has 0 unspecified atom stereocenters. The molecule has 1 heterocycles. The Hall–Kier alpha value is -3.35. The van der Waals surface area contributed by atoms with Crippen molar-refractivity contribution in [1.82, 2.24) is 10.5 Å². The van der Waals surface area contributed by atoms with Gasteiger partial charge in [0.1, 0.15) is 5.76 Å². The maximum absolute atomic E-state index is 12.1. The lowest BCUT2D eigenvalue weighted by atomic mass is 10.00. The van der Waals surface area contributed by atoms with Crippen molar-refractivity contribution in [1.29, 1.82) is 0 Å². The third kappa shape index (κ3) is 4.84. The molecule has 0 spiro atoms. The van der Waals surface area contributed by atoms with Crippen molar-refractivity contribution < 1.29 is 23.6 Å². The molecule has 0 fully saturated rings. The second-order valence-electron chi connectivity index (χ2n) is 6.08. The molecule has 2 aromatic carbocycles. The number of ether oxygens (including phenoxy) is 2. The van der Waals surface area contributed by atoms with Gasteiger partial charge in [0.2, 0.25) is 0 Å². The summed E-state index contributed by atoms with van der Waals surface area (Å²) in [6, 6.07) is 15.2. The van der Waals surface area contributed by atoms with Crippen LogP contribution in [0.5, 0.6) is 5.88 Å². The molecule has 0 bridgehead atoms. The van der Waals surface area contributed by atoms with Gasteiger partial charge in [-0.3, -0.25) is 4.79 Å². The summed E-state index contributed by atoms with van der Waals surface area (Å²) in [4.78, 5) is 23.8. The molecule has 1 aromatic heterocycles. The predicted molar refractivity (Wildman–Crippen MR) is 98.2 cm³/mol. The molecule has 0 saturated heterocycles. The van der Waals surface area contributed by atoms with E-state index >= 15 is 0 Å². The van der Waals surface area contributed by atoms with Crippen LogP contribution in [0, 0.1) is 6.92 Å². The van der Waals surface area contributed by atoms with E-state index in [1.54, 1.807) is 13.0 Å². The molecule has 1 atom stereocenters. The SMILES string of the molecule is Cc1cc(OCC(=O)OCC(=O)N[C@H](C)c2cccc3ccccc23)no1. The van der Waals surface area contributed by atoms with E-state index in [1.807, 2.05) is 49.4 Å². The normalized spacial score (nSPS) is 11.8. The Balaban J connectivity index is 1.49. The molecule has 1 N–H and O–H groups in total. The van der Waals surface area contributed by atoms with Gasteiger partial charge in [0.25, 0.3) is 11.8 Å². The average Bonchev–Trinajstić information content (AvgIpc) is 3.09. The quantitative estimate of drug-likeness (QED) is 0.645. The topological polar surface area (TPSA) is 90.7 Å². The lowest BCUT2D eigenvalue weighted by molar-refractivity contribution is -0.150. The van der Waals surface area contributed by atoms with Crippen molar-refractivity contribution in [2.24, 2.45) is 0 Å². The molecule has 0 radical (unpaired) electrons. The lowest BCUT2D eigenvalue weighted by Gasteiger charge is -2.16. The molecule has 0 aliphatic heterocycles. The summed E-state index contributed by atoms with van der Waals surface area (Å²) in [6.45, 7) is 2.87. The van der Waals surface area contributed by atoms with Gasteiger partial charge in [-0.05, 0) is 35.3 Å². The first-order valence-electron chi connectivity index (χ1n) is 8.51. The number of amides is 1. The molecule has 3 aromatic rings. The van der Waals surface area contributed by atoms with Crippen LogP contribution in [0.25, 0.3) is 10.8 Å². The highest BCUT2D eigenvalue weighted by Gasteiger charge is 2.14. The van der Waals surface area contributed by atoms with Gasteiger partial charge in [0.15, 0.2) is 13.2 Å². The molecule has 0 saturated carbocycles. The highest BCUT2D eigenvalue weighted by molar-refractivity contribution is 5.87. The standard InChI is InChI=1S/C20H20N2O5/c1-13-10-19(22-27-13)25-12-20(24)26-11-18(23)21-14(2)16-9-5-7-15-6-3-4-8-17(15)16/h3-10,14H,11-12H2,1-2H3,(H,21,23)/t14-/m1/s1. The van der Waals surface area contributed by atoms with E-state index in [0.717, 1.165) is 16.3 Å². The van der Waals surface area contributed by atoms with Gasteiger partial charge >= 0.3 is 5.97 Å². The average molecular weight is 368 g/mol.